The van der Waals surface area contributed by atoms with Gasteiger partial charge in [-0.3, -0.25) is 4.68 Å². The van der Waals surface area contributed by atoms with Gasteiger partial charge >= 0.3 is 0 Å². The van der Waals surface area contributed by atoms with Crippen LogP contribution in [0.15, 0.2) is 12.4 Å². The number of hydrogen-bond acceptors (Lipinski definition) is 2. The van der Waals surface area contributed by atoms with E-state index in [0.29, 0.717) is 12.1 Å². The van der Waals surface area contributed by atoms with Gasteiger partial charge in [-0.1, -0.05) is 20.8 Å². The standard InChI is InChI=1S/C12H22FN3/c1-4-5-16-8-10(7-15-16)12(13)11(6-14)9(2)3/h7-9,11-12H,4-6,14H2,1-3H3. The van der Waals surface area contributed by atoms with Gasteiger partial charge < -0.3 is 5.73 Å². The second-order valence-corrected chi connectivity index (χ2v) is 4.58. The van der Waals surface area contributed by atoms with Gasteiger partial charge in [0.1, 0.15) is 6.17 Å². The third-order valence-electron chi connectivity index (χ3n) is 2.93. The van der Waals surface area contributed by atoms with Crippen LogP contribution in [0.2, 0.25) is 0 Å². The van der Waals surface area contributed by atoms with Gasteiger partial charge in [0.15, 0.2) is 0 Å². The zero-order valence-electron chi connectivity index (χ0n) is 10.4. The van der Waals surface area contributed by atoms with E-state index in [4.69, 9.17) is 5.73 Å². The second kappa shape index (κ2) is 5.99. The lowest BCUT2D eigenvalue weighted by molar-refractivity contribution is 0.188. The topological polar surface area (TPSA) is 43.8 Å². The van der Waals surface area contributed by atoms with E-state index in [0.717, 1.165) is 13.0 Å². The minimum Gasteiger partial charge on any atom is -0.330 e. The van der Waals surface area contributed by atoms with E-state index in [1.165, 1.54) is 0 Å². The van der Waals surface area contributed by atoms with E-state index in [9.17, 15) is 4.39 Å². The molecule has 1 aromatic heterocycles. The van der Waals surface area contributed by atoms with Crippen molar-refractivity contribution in [3.05, 3.63) is 18.0 Å². The highest BCUT2D eigenvalue weighted by atomic mass is 19.1. The number of nitrogens with two attached hydrogens (primary N) is 1. The van der Waals surface area contributed by atoms with Gasteiger partial charge in [0.05, 0.1) is 6.20 Å². The Labute approximate surface area is 96.8 Å². The van der Waals surface area contributed by atoms with Crippen molar-refractivity contribution in [1.82, 2.24) is 9.78 Å². The molecule has 1 heterocycles. The molecule has 0 radical (unpaired) electrons. The molecule has 1 rings (SSSR count). The maximum Gasteiger partial charge on any atom is 0.132 e. The summed E-state index contributed by atoms with van der Waals surface area (Å²) < 4.78 is 16.0. The van der Waals surface area contributed by atoms with Gasteiger partial charge in [-0.15, -0.1) is 0 Å². The lowest BCUT2D eigenvalue weighted by Crippen LogP contribution is -2.24. The molecular formula is C12H22FN3. The van der Waals surface area contributed by atoms with E-state index < -0.39 is 6.17 Å². The van der Waals surface area contributed by atoms with E-state index in [-0.39, 0.29) is 11.8 Å². The van der Waals surface area contributed by atoms with Crippen LogP contribution in [-0.2, 0) is 6.54 Å². The molecule has 92 valence electrons. The first kappa shape index (κ1) is 13.2. The summed E-state index contributed by atoms with van der Waals surface area (Å²) >= 11 is 0. The fourth-order valence-electron chi connectivity index (χ4n) is 1.85. The highest BCUT2D eigenvalue weighted by Gasteiger charge is 2.25. The number of aromatic nitrogens is 2. The summed E-state index contributed by atoms with van der Waals surface area (Å²) in [5, 5.41) is 4.14. The molecule has 2 atom stereocenters. The summed E-state index contributed by atoms with van der Waals surface area (Å²) in [4.78, 5) is 0. The van der Waals surface area contributed by atoms with Crippen LogP contribution < -0.4 is 5.73 Å². The Morgan fingerprint density at radius 2 is 2.19 bits per heavy atom. The molecular weight excluding hydrogens is 205 g/mol. The predicted octanol–water partition coefficient (Wildman–Crippen LogP) is 2.53. The lowest BCUT2D eigenvalue weighted by atomic mass is 9.89. The molecule has 0 saturated heterocycles. The summed E-state index contributed by atoms with van der Waals surface area (Å²) in [6.45, 7) is 7.28. The first-order chi connectivity index (χ1) is 7.60. The molecule has 0 saturated carbocycles. The molecule has 4 heteroatoms. The highest BCUT2D eigenvalue weighted by molar-refractivity contribution is 5.10. The normalized spacial score (nSPS) is 15.4. The molecule has 0 aliphatic rings. The number of nitrogens with zero attached hydrogens (tertiary/aromatic N) is 2. The summed E-state index contributed by atoms with van der Waals surface area (Å²) in [6.07, 6.45) is 3.41. The Morgan fingerprint density at radius 1 is 1.50 bits per heavy atom. The fraction of sp³-hybridized carbons (Fsp3) is 0.750. The van der Waals surface area contributed by atoms with Crippen LogP contribution in [0, 0.1) is 11.8 Å². The maximum atomic E-state index is 14.2. The molecule has 0 amide bonds. The number of hydrogen-bond donors (Lipinski definition) is 1. The summed E-state index contributed by atoms with van der Waals surface area (Å²) in [5.74, 6) is 0.119. The van der Waals surface area contributed by atoms with E-state index in [1.807, 2.05) is 13.8 Å². The van der Waals surface area contributed by atoms with Crippen molar-refractivity contribution in [2.24, 2.45) is 17.6 Å². The largest absolute Gasteiger partial charge is 0.330 e. The molecule has 2 N–H and O–H groups in total. The van der Waals surface area contributed by atoms with Crippen molar-refractivity contribution in [3.8, 4) is 0 Å². The molecule has 2 unspecified atom stereocenters. The van der Waals surface area contributed by atoms with Crippen molar-refractivity contribution in [3.63, 3.8) is 0 Å². The number of alkyl halides is 1. The number of halogens is 1. The molecule has 0 aromatic carbocycles. The summed E-state index contributed by atoms with van der Waals surface area (Å²) in [7, 11) is 0. The monoisotopic (exact) mass is 227 g/mol. The number of rotatable bonds is 6. The highest BCUT2D eigenvalue weighted by Crippen LogP contribution is 2.30. The van der Waals surface area contributed by atoms with Crippen molar-refractivity contribution >= 4 is 0 Å². The van der Waals surface area contributed by atoms with Crippen LogP contribution in [0.25, 0.3) is 0 Å². The average Bonchev–Trinajstić information content (AvgIpc) is 2.67. The SMILES string of the molecule is CCCn1cc(C(F)C(CN)C(C)C)cn1. The molecule has 0 aliphatic carbocycles. The van der Waals surface area contributed by atoms with Gasteiger partial charge in [-0.2, -0.15) is 5.10 Å². The van der Waals surface area contributed by atoms with Crippen molar-refractivity contribution in [2.45, 2.75) is 39.9 Å². The second-order valence-electron chi connectivity index (χ2n) is 4.58. The Balaban J connectivity index is 2.74. The van der Waals surface area contributed by atoms with Crippen LogP contribution in [-0.4, -0.2) is 16.3 Å². The molecule has 0 fully saturated rings. The molecule has 3 nitrogen and oxygen atoms in total. The summed E-state index contributed by atoms with van der Waals surface area (Å²) in [5.41, 5.74) is 6.26. The van der Waals surface area contributed by atoms with Gasteiger partial charge in [0.25, 0.3) is 0 Å². The molecule has 0 aliphatic heterocycles. The van der Waals surface area contributed by atoms with Gasteiger partial charge in [0.2, 0.25) is 0 Å². The van der Waals surface area contributed by atoms with E-state index >= 15 is 0 Å². The quantitative estimate of drug-likeness (QED) is 0.811. The summed E-state index contributed by atoms with van der Waals surface area (Å²) in [6, 6.07) is 0. The fourth-order valence-corrected chi connectivity index (χ4v) is 1.85. The third-order valence-corrected chi connectivity index (χ3v) is 2.93. The minimum atomic E-state index is -1.00. The molecule has 16 heavy (non-hydrogen) atoms. The zero-order chi connectivity index (χ0) is 12.1. The molecule has 0 spiro atoms. The first-order valence-electron chi connectivity index (χ1n) is 5.96. The van der Waals surface area contributed by atoms with Crippen molar-refractivity contribution in [1.29, 1.82) is 0 Å². The van der Waals surface area contributed by atoms with Crippen molar-refractivity contribution < 1.29 is 4.39 Å². The Morgan fingerprint density at radius 3 is 2.69 bits per heavy atom. The molecule has 0 bridgehead atoms. The van der Waals surface area contributed by atoms with Crippen LogP contribution in [0.5, 0.6) is 0 Å². The lowest BCUT2D eigenvalue weighted by Gasteiger charge is -2.22. The zero-order valence-corrected chi connectivity index (χ0v) is 10.4. The van der Waals surface area contributed by atoms with Crippen LogP contribution >= 0.6 is 0 Å². The third kappa shape index (κ3) is 3.04. The minimum absolute atomic E-state index is 0.126. The van der Waals surface area contributed by atoms with Gasteiger partial charge in [-0.25, -0.2) is 4.39 Å². The van der Waals surface area contributed by atoms with Gasteiger partial charge in [0, 0.05) is 24.2 Å². The van der Waals surface area contributed by atoms with Crippen molar-refractivity contribution in [2.75, 3.05) is 6.54 Å². The Hall–Kier alpha value is -0.900. The Kier molecular flexibility index (Phi) is 4.93. The van der Waals surface area contributed by atoms with Crippen LogP contribution in [0.3, 0.4) is 0 Å². The maximum absolute atomic E-state index is 14.2. The average molecular weight is 227 g/mol. The predicted molar refractivity (Wildman–Crippen MR) is 63.7 cm³/mol. The van der Waals surface area contributed by atoms with Crippen LogP contribution in [0.4, 0.5) is 4.39 Å². The van der Waals surface area contributed by atoms with E-state index in [2.05, 4.69) is 12.0 Å². The van der Waals surface area contributed by atoms with Crippen LogP contribution in [0.1, 0.15) is 38.9 Å². The smallest absolute Gasteiger partial charge is 0.132 e. The Bertz CT molecular complexity index is 309. The number of aryl methyl sites for hydroxylation is 1. The van der Waals surface area contributed by atoms with E-state index in [1.54, 1.807) is 17.1 Å². The first-order valence-corrected chi connectivity index (χ1v) is 5.96. The van der Waals surface area contributed by atoms with Gasteiger partial charge in [-0.05, 0) is 18.9 Å². The molecule has 1 aromatic rings.